The lowest BCUT2D eigenvalue weighted by Crippen LogP contribution is -2.22. The van der Waals surface area contributed by atoms with E-state index in [-0.39, 0.29) is 5.60 Å². The lowest BCUT2D eigenvalue weighted by atomic mass is 10.00. The van der Waals surface area contributed by atoms with Gasteiger partial charge in [-0.15, -0.1) is 0 Å². The minimum absolute atomic E-state index is 0.127. The Labute approximate surface area is 84.5 Å². The molecular formula is C10H22O2Si. The topological polar surface area (TPSA) is 21.8 Å². The molecule has 1 aliphatic rings. The van der Waals surface area contributed by atoms with Crippen LogP contribution >= 0.6 is 0 Å². The second-order valence-electron chi connectivity index (χ2n) is 4.52. The summed E-state index contributed by atoms with van der Waals surface area (Å²) in [7, 11) is 0.854. The Hall–Kier alpha value is 0.137. The van der Waals surface area contributed by atoms with Crippen LogP contribution in [0.4, 0.5) is 0 Å². The number of hydrogen-bond donors (Lipinski definition) is 0. The lowest BCUT2D eigenvalue weighted by molar-refractivity contribution is 0.109. The van der Waals surface area contributed by atoms with E-state index in [0.717, 1.165) is 17.1 Å². The van der Waals surface area contributed by atoms with E-state index < -0.39 is 0 Å². The highest BCUT2D eigenvalue weighted by Crippen LogP contribution is 2.20. The quantitative estimate of drug-likeness (QED) is 0.354. The molecule has 0 radical (unpaired) electrons. The maximum atomic E-state index is 5.49. The summed E-state index contributed by atoms with van der Waals surface area (Å²) in [6, 6.07) is 0. The third-order valence-electron chi connectivity index (χ3n) is 2.76. The smallest absolute Gasteiger partial charge is 0.146 e. The summed E-state index contributed by atoms with van der Waals surface area (Å²) in [5, 5.41) is 0. The number of rotatable bonds is 7. The number of epoxide rings is 1. The molecule has 0 aromatic heterocycles. The van der Waals surface area contributed by atoms with Crippen LogP contribution in [0.25, 0.3) is 0 Å². The van der Waals surface area contributed by atoms with Gasteiger partial charge in [0.1, 0.15) is 10.5 Å². The Kier molecular flexibility index (Phi) is 4.42. The molecule has 0 aromatic carbocycles. The molecule has 1 fully saturated rings. The summed E-state index contributed by atoms with van der Waals surface area (Å²) in [5.41, 5.74) is 0.127. The molecule has 0 amide bonds. The average molecular weight is 202 g/mol. The Morgan fingerprint density at radius 1 is 1.38 bits per heavy atom. The molecule has 1 heterocycles. The van der Waals surface area contributed by atoms with Crippen molar-refractivity contribution in [2.45, 2.75) is 57.7 Å². The normalized spacial score (nSPS) is 22.2. The molecule has 3 heteroatoms. The summed E-state index contributed by atoms with van der Waals surface area (Å²) in [6.07, 6.45) is 7.02. The molecule has 0 saturated carbocycles. The van der Waals surface area contributed by atoms with E-state index in [1.807, 2.05) is 0 Å². The van der Waals surface area contributed by atoms with Crippen LogP contribution in [-0.4, -0.2) is 28.8 Å². The van der Waals surface area contributed by atoms with E-state index in [1.165, 1.54) is 32.1 Å². The van der Waals surface area contributed by atoms with Crippen molar-refractivity contribution in [3.8, 4) is 0 Å². The number of hydrogen-bond acceptors (Lipinski definition) is 2. The molecule has 0 aromatic rings. The zero-order chi connectivity index (χ0) is 9.73. The fourth-order valence-corrected chi connectivity index (χ4v) is 1.64. The summed E-state index contributed by atoms with van der Waals surface area (Å²) in [4.78, 5) is 0. The van der Waals surface area contributed by atoms with Crippen LogP contribution in [-0.2, 0) is 9.16 Å². The van der Waals surface area contributed by atoms with Gasteiger partial charge in [-0.25, -0.2) is 0 Å². The maximum Gasteiger partial charge on any atom is 0.146 e. The summed E-state index contributed by atoms with van der Waals surface area (Å²) in [6.45, 7) is 5.38. The predicted molar refractivity (Wildman–Crippen MR) is 57.9 cm³/mol. The summed E-state index contributed by atoms with van der Waals surface area (Å²) < 4.78 is 10.6. The minimum Gasteiger partial charge on any atom is -0.423 e. The first-order chi connectivity index (χ1) is 6.14. The van der Waals surface area contributed by atoms with E-state index in [0.29, 0.717) is 6.10 Å². The monoisotopic (exact) mass is 202 g/mol. The van der Waals surface area contributed by atoms with Gasteiger partial charge in [-0.3, -0.25) is 0 Å². The van der Waals surface area contributed by atoms with E-state index >= 15 is 0 Å². The molecule has 0 N–H and O–H groups in total. The first-order valence-corrected chi connectivity index (χ1v) is 6.12. The highest BCUT2D eigenvalue weighted by atomic mass is 28.2. The maximum absolute atomic E-state index is 5.49. The van der Waals surface area contributed by atoms with Gasteiger partial charge in [0.2, 0.25) is 0 Å². The zero-order valence-electron chi connectivity index (χ0n) is 9.14. The van der Waals surface area contributed by atoms with Gasteiger partial charge in [0, 0.05) is 5.60 Å². The van der Waals surface area contributed by atoms with Gasteiger partial charge >= 0.3 is 0 Å². The highest BCUT2D eigenvalue weighted by Gasteiger charge is 2.21. The van der Waals surface area contributed by atoms with Gasteiger partial charge < -0.3 is 9.16 Å². The fourth-order valence-electron chi connectivity index (χ4n) is 1.44. The van der Waals surface area contributed by atoms with Gasteiger partial charge in [-0.1, -0.05) is 19.3 Å². The SMILES string of the molecule is CC(C)(CCCCCC1CO1)O[SiH3]. The second kappa shape index (κ2) is 5.13. The summed E-state index contributed by atoms with van der Waals surface area (Å²) in [5.74, 6) is 0. The van der Waals surface area contributed by atoms with E-state index in [2.05, 4.69) is 13.8 Å². The molecule has 0 bridgehead atoms. The van der Waals surface area contributed by atoms with Crippen LogP contribution in [0.2, 0.25) is 0 Å². The van der Waals surface area contributed by atoms with Crippen molar-refractivity contribution in [1.82, 2.24) is 0 Å². The molecule has 1 atom stereocenters. The van der Waals surface area contributed by atoms with Crippen LogP contribution in [0, 0.1) is 0 Å². The Balaban J connectivity index is 1.87. The van der Waals surface area contributed by atoms with Crippen LogP contribution in [0.1, 0.15) is 46.0 Å². The molecule has 0 spiro atoms. The molecule has 1 saturated heterocycles. The summed E-state index contributed by atoms with van der Waals surface area (Å²) >= 11 is 0. The van der Waals surface area contributed by atoms with Gasteiger partial charge in [0.05, 0.1) is 12.7 Å². The van der Waals surface area contributed by atoms with Crippen molar-refractivity contribution in [2.24, 2.45) is 0 Å². The molecule has 1 unspecified atom stereocenters. The molecule has 0 aliphatic carbocycles. The first kappa shape index (κ1) is 11.2. The van der Waals surface area contributed by atoms with Crippen molar-refractivity contribution in [1.29, 1.82) is 0 Å². The van der Waals surface area contributed by atoms with Crippen molar-refractivity contribution in [3.05, 3.63) is 0 Å². The third-order valence-corrected chi connectivity index (χ3v) is 3.87. The fraction of sp³-hybridized carbons (Fsp3) is 1.00. The van der Waals surface area contributed by atoms with Crippen molar-refractivity contribution >= 4 is 10.5 Å². The molecule has 78 valence electrons. The zero-order valence-corrected chi connectivity index (χ0v) is 11.1. The van der Waals surface area contributed by atoms with Crippen LogP contribution in [0.3, 0.4) is 0 Å². The van der Waals surface area contributed by atoms with Crippen LogP contribution < -0.4 is 0 Å². The number of ether oxygens (including phenoxy) is 1. The van der Waals surface area contributed by atoms with Gasteiger partial charge in [-0.05, 0) is 26.7 Å². The average Bonchev–Trinajstić information content (AvgIpc) is 2.87. The molecule has 1 aliphatic heterocycles. The van der Waals surface area contributed by atoms with Gasteiger partial charge in [-0.2, -0.15) is 0 Å². The van der Waals surface area contributed by atoms with E-state index in [1.54, 1.807) is 0 Å². The second-order valence-corrected chi connectivity index (χ2v) is 4.93. The largest absolute Gasteiger partial charge is 0.423 e. The van der Waals surface area contributed by atoms with Gasteiger partial charge in [0.15, 0.2) is 0 Å². The van der Waals surface area contributed by atoms with Crippen LogP contribution in [0.15, 0.2) is 0 Å². The van der Waals surface area contributed by atoms with E-state index in [4.69, 9.17) is 9.16 Å². The first-order valence-electron chi connectivity index (χ1n) is 5.31. The molecular weight excluding hydrogens is 180 g/mol. The molecule has 1 rings (SSSR count). The van der Waals surface area contributed by atoms with Crippen molar-refractivity contribution in [2.75, 3.05) is 6.61 Å². The van der Waals surface area contributed by atoms with Crippen LogP contribution in [0.5, 0.6) is 0 Å². The standard InChI is InChI=1S/C10H22O2Si/c1-10(2,12-13)7-5-3-4-6-9-8-11-9/h9H,3-8H2,1-2,13H3. The molecule has 2 nitrogen and oxygen atoms in total. The predicted octanol–water partition coefficient (Wildman–Crippen LogP) is 1.41. The van der Waals surface area contributed by atoms with Crippen molar-refractivity contribution in [3.63, 3.8) is 0 Å². The third kappa shape index (κ3) is 5.44. The number of unbranched alkanes of at least 4 members (excludes halogenated alkanes) is 2. The highest BCUT2D eigenvalue weighted by molar-refractivity contribution is 5.98. The molecule has 13 heavy (non-hydrogen) atoms. The Morgan fingerprint density at radius 3 is 2.62 bits per heavy atom. The Morgan fingerprint density at radius 2 is 2.08 bits per heavy atom. The minimum atomic E-state index is 0.127. The van der Waals surface area contributed by atoms with E-state index in [9.17, 15) is 0 Å². The van der Waals surface area contributed by atoms with Crippen molar-refractivity contribution < 1.29 is 9.16 Å². The van der Waals surface area contributed by atoms with Gasteiger partial charge in [0.25, 0.3) is 0 Å². The lowest BCUT2D eigenvalue weighted by Gasteiger charge is -2.23. The Bertz CT molecular complexity index is 144.